The van der Waals surface area contributed by atoms with Crippen LogP contribution in [0.15, 0.2) is 44.5 Å². The van der Waals surface area contributed by atoms with E-state index in [1.54, 1.807) is 6.07 Å². The number of nitrogens with one attached hydrogen (secondary N) is 1. The summed E-state index contributed by atoms with van der Waals surface area (Å²) in [5.74, 6) is 0.728. The van der Waals surface area contributed by atoms with Gasteiger partial charge in [-0.25, -0.2) is 12.6 Å². The summed E-state index contributed by atoms with van der Waals surface area (Å²) in [6, 6.07) is 8.27. The highest BCUT2D eigenvalue weighted by Crippen LogP contribution is 2.34. The van der Waals surface area contributed by atoms with Crippen molar-refractivity contribution in [3.63, 3.8) is 0 Å². The van der Waals surface area contributed by atoms with Crippen LogP contribution in [0.2, 0.25) is 10.0 Å². The van der Waals surface area contributed by atoms with Crippen LogP contribution in [-0.4, -0.2) is 37.6 Å². The van der Waals surface area contributed by atoms with Crippen LogP contribution in [0.4, 0.5) is 5.69 Å². The van der Waals surface area contributed by atoms with Crippen molar-refractivity contribution in [1.29, 1.82) is 0 Å². The number of rotatable bonds is 8. The summed E-state index contributed by atoms with van der Waals surface area (Å²) >= 11 is 11.9. The number of ether oxygens (including phenoxy) is 1. The maximum atomic E-state index is 12.5. The minimum atomic E-state index is -3.74. The van der Waals surface area contributed by atoms with Crippen LogP contribution in [0.3, 0.4) is 0 Å². The molecule has 1 aliphatic heterocycles. The summed E-state index contributed by atoms with van der Waals surface area (Å²) in [5, 5.41) is 2.72. The molecule has 1 atom stereocenters. The van der Waals surface area contributed by atoms with Gasteiger partial charge in [-0.1, -0.05) is 23.2 Å². The maximum absolute atomic E-state index is 12.5. The third-order valence-corrected chi connectivity index (χ3v) is 7.73. The second-order valence-corrected chi connectivity index (χ2v) is 10.7. The van der Waals surface area contributed by atoms with Crippen molar-refractivity contribution >= 4 is 61.8 Å². The van der Waals surface area contributed by atoms with E-state index in [4.69, 9.17) is 27.9 Å². The van der Waals surface area contributed by atoms with Gasteiger partial charge in [-0.15, -0.1) is 0 Å². The van der Waals surface area contributed by atoms with Crippen molar-refractivity contribution in [2.75, 3.05) is 18.2 Å². The molecular weight excluding hydrogens is 483 g/mol. The summed E-state index contributed by atoms with van der Waals surface area (Å²) in [6.07, 6.45) is 4.69. The zero-order valence-electron chi connectivity index (χ0n) is 16.6. The number of halogens is 2. The quantitative estimate of drug-likeness (QED) is 0.429. The number of carbonyl (C=O) groups is 1. The molecule has 31 heavy (non-hydrogen) atoms. The summed E-state index contributed by atoms with van der Waals surface area (Å²) in [5.41, 5.74) is 1.85. The smallest absolute Gasteiger partial charge is 0.224 e. The number of benzene rings is 2. The standard InChI is InChI=1S/C20H20Cl2N2O5S2/c1-31(27,28)20-17(8-6-15(21)19(20)22)30(26)23-10-2-3-11-29-14-5-7-16-13(12-14)4-9-18(25)24-16/h5-8,10,12H,2-4,9,11H2,1H3,(H,24,25)/b23-10+. The fourth-order valence-corrected chi connectivity index (χ4v) is 6.18. The molecule has 0 bridgehead atoms. The lowest BCUT2D eigenvalue weighted by Gasteiger charge is -2.17. The number of aryl methyl sites for hydroxylation is 1. The Balaban J connectivity index is 1.54. The first-order valence-corrected chi connectivity index (χ1v) is 13.1. The van der Waals surface area contributed by atoms with E-state index in [1.165, 1.54) is 18.3 Å². The highest BCUT2D eigenvalue weighted by Gasteiger charge is 2.23. The average Bonchev–Trinajstić information content (AvgIpc) is 2.71. The Morgan fingerprint density at radius 2 is 2.00 bits per heavy atom. The molecule has 1 amide bonds. The van der Waals surface area contributed by atoms with E-state index in [1.807, 2.05) is 12.1 Å². The molecular formula is C20H20Cl2N2O5S2. The molecule has 1 aliphatic rings. The Hall–Kier alpha value is -1.94. The molecule has 2 aromatic carbocycles. The highest BCUT2D eigenvalue weighted by molar-refractivity contribution is 7.92. The molecule has 7 nitrogen and oxygen atoms in total. The Kier molecular flexibility index (Phi) is 7.74. The van der Waals surface area contributed by atoms with Gasteiger partial charge < -0.3 is 10.1 Å². The molecule has 0 saturated carbocycles. The van der Waals surface area contributed by atoms with Crippen LogP contribution < -0.4 is 10.1 Å². The van der Waals surface area contributed by atoms with Crippen LogP contribution in [0.1, 0.15) is 24.8 Å². The molecule has 2 aromatic rings. The van der Waals surface area contributed by atoms with Crippen molar-refractivity contribution in [3.05, 3.63) is 45.9 Å². The minimum Gasteiger partial charge on any atom is -0.494 e. The maximum Gasteiger partial charge on any atom is 0.224 e. The van der Waals surface area contributed by atoms with Crippen molar-refractivity contribution in [2.24, 2.45) is 4.40 Å². The van der Waals surface area contributed by atoms with Gasteiger partial charge in [0.25, 0.3) is 0 Å². The number of sulfone groups is 1. The first kappa shape index (κ1) is 23.7. The van der Waals surface area contributed by atoms with Crippen LogP contribution in [-0.2, 0) is 32.0 Å². The fourth-order valence-electron chi connectivity index (χ4n) is 2.99. The topological polar surface area (TPSA) is 102 Å². The van der Waals surface area contributed by atoms with Crippen LogP contribution >= 0.6 is 23.2 Å². The number of carbonyl (C=O) groups excluding carboxylic acids is 1. The molecule has 0 spiro atoms. The SMILES string of the molecule is CS(=O)(=O)c1c(S(=O)/N=C/CCCOc2ccc3c(c2)CCC(=O)N3)ccc(Cl)c1Cl. The lowest BCUT2D eigenvalue weighted by Crippen LogP contribution is -2.18. The van der Waals surface area contributed by atoms with E-state index < -0.39 is 20.8 Å². The third kappa shape index (κ3) is 6.06. The van der Waals surface area contributed by atoms with E-state index in [-0.39, 0.29) is 25.7 Å². The first-order chi connectivity index (χ1) is 14.7. The van der Waals surface area contributed by atoms with Gasteiger partial charge in [0.2, 0.25) is 5.91 Å². The summed E-state index contributed by atoms with van der Waals surface area (Å²) in [7, 11) is -5.67. The Morgan fingerprint density at radius 1 is 1.23 bits per heavy atom. The van der Waals surface area contributed by atoms with Crippen molar-refractivity contribution < 1.29 is 22.2 Å². The predicted molar refractivity (Wildman–Crippen MR) is 123 cm³/mol. The van der Waals surface area contributed by atoms with Crippen molar-refractivity contribution in [3.8, 4) is 5.75 Å². The molecule has 0 aliphatic carbocycles. The molecule has 0 saturated heterocycles. The molecule has 1 N–H and O–H groups in total. The molecule has 0 aromatic heterocycles. The van der Waals surface area contributed by atoms with Crippen molar-refractivity contribution in [1.82, 2.24) is 0 Å². The molecule has 1 heterocycles. The Bertz CT molecular complexity index is 1170. The second kappa shape index (κ2) is 10.1. The monoisotopic (exact) mass is 502 g/mol. The second-order valence-electron chi connectivity index (χ2n) is 6.86. The highest BCUT2D eigenvalue weighted by atomic mass is 35.5. The molecule has 1 unspecified atom stereocenters. The van der Waals surface area contributed by atoms with Gasteiger partial charge >= 0.3 is 0 Å². The van der Waals surface area contributed by atoms with Crippen molar-refractivity contribution in [2.45, 2.75) is 35.5 Å². The molecule has 3 rings (SSSR count). The van der Waals surface area contributed by atoms with Crippen LogP contribution in [0, 0.1) is 0 Å². The predicted octanol–water partition coefficient (Wildman–Crippen LogP) is 4.23. The number of anilines is 1. The average molecular weight is 503 g/mol. The zero-order valence-corrected chi connectivity index (χ0v) is 19.7. The summed E-state index contributed by atoms with van der Waals surface area (Å²) in [6.45, 7) is 0.422. The molecule has 0 fully saturated rings. The van der Waals surface area contributed by atoms with E-state index in [9.17, 15) is 17.4 Å². The van der Waals surface area contributed by atoms with E-state index in [0.29, 0.717) is 38.0 Å². The fraction of sp³-hybridized carbons (Fsp3) is 0.300. The van der Waals surface area contributed by atoms with Crippen LogP contribution in [0.25, 0.3) is 0 Å². The zero-order chi connectivity index (χ0) is 22.6. The van der Waals surface area contributed by atoms with Gasteiger partial charge in [-0.2, -0.15) is 4.40 Å². The lowest BCUT2D eigenvalue weighted by molar-refractivity contribution is -0.116. The summed E-state index contributed by atoms with van der Waals surface area (Å²) in [4.78, 5) is 11.1. The van der Waals surface area contributed by atoms with Gasteiger partial charge in [0, 0.05) is 24.6 Å². The lowest BCUT2D eigenvalue weighted by atomic mass is 10.0. The number of fused-ring (bicyclic) bond motifs is 1. The first-order valence-electron chi connectivity index (χ1n) is 9.35. The van der Waals surface area contributed by atoms with Gasteiger partial charge in [0.05, 0.1) is 21.5 Å². The van der Waals surface area contributed by atoms with E-state index >= 15 is 0 Å². The minimum absolute atomic E-state index is 0.00875. The normalized spacial score (nSPS) is 14.9. The van der Waals surface area contributed by atoms with Gasteiger partial charge in [0.15, 0.2) is 20.8 Å². The molecule has 166 valence electrons. The largest absolute Gasteiger partial charge is 0.494 e. The van der Waals surface area contributed by atoms with Gasteiger partial charge in [-0.05, 0) is 55.2 Å². The third-order valence-electron chi connectivity index (χ3n) is 4.46. The van der Waals surface area contributed by atoms with Gasteiger partial charge in [-0.3, -0.25) is 4.79 Å². The molecule has 11 heteroatoms. The number of hydrogen-bond acceptors (Lipinski definition) is 5. The van der Waals surface area contributed by atoms with E-state index in [0.717, 1.165) is 17.5 Å². The van der Waals surface area contributed by atoms with E-state index in [2.05, 4.69) is 9.71 Å². The Labute approximate surface area is 193 Å². The summed E-state index contributed by atoms with van der Waals surface area (Å²) < 4.78 is 46.2. The number of hydrogen-bond donors (Lipinski definition) is 1. The van der Waals surface area contributed by atoms with Gasteiger partial charge in [0.1, 0.15) is 10.6 Å². The van der Waals surface area contributed by atoms with Crippen LogP contribution in [0.5, 0.6) is 5.75 Å². The number of nitrogens with zero attached hydrogens (tertiary/aromatic N) is 1. The number of unbranched alkanes of at least 4 members (excludes halogenated alkanes) is 1. The Morgan fingerprint density at radius 3 is 2.74 bits per heavy atom. The number of amides is 1. The molecule has 0 radical (unpaired) electrons.